The van der Waals surface area contributed by atoms with Crippen molar-refractivity contribution < 1.29 is 9.09 Å². The molecule has 1 unspecified atom stereocenters. The molecule has 0 spiro atoms. The van der Waals surface area contributed by atoms with Crippen molar-refractivity contribution >= 4 is 23.3 Å². The van der Waals surface area contributed by atoms with Crippen LogP contribution in [-0.4, -0.2) is 0 Å². The largest absolute Gasteiger partial charge is 0.429 e. The number of benzene rings is 2. The highest BCUT2D eigenvalue weighted by Gasteiger charge is 2.29. The minimum atomic E-state index is -3.46. The molecular weight excluding hydrogens is 315 g/mol. The summed E-state index contributed by atoms with van der Waals surface area (Å²) in [6, 6.07) is 7.98. The van der Waals surface area contributed by atoms with Crippen molar-refractivity contribution in [2.75, 3.05) is 0 Å². The second-order valence-corrected chi connectivity index (χ2v) is 8.97. The average molecular weight is 337 g/mol. The molecule has 2 nitrogen and oxygen atoms in total. The molecule has 0 saturated heterocycles. The number of hydrogen-bond acceptors (Lipinski definition) is 2. The third kappa shape index (κ3) is 3.39. The van der Waals surface area contributed by atoms with E-state index in [1.165, 1.54) is 0 Å². The van der Waals surface area contributed by atoms with Crippen LogP contribution in [0.1, 0.15) is 33.4 Å². The maximum absolute atomic E-state index is 13.1. The zero-order valence-corrected chi connectivity index (χ0v) is 15.6. The van der Waals surface area contributed by atoms with Gasteiger partial charge < -0.3 is 4.52 Å². The molecule has 0 aliphatic heterocycles. The first kappa shape index (κ1) is 17.1. The molecule has 0 radical (unpaired) electrons. The van der Waals surface area contributed by atoms with Crippen molar-refractivity contribution in [3.05, 3.63) is 57.6 Å². The number of rotatable bonds is 3. The van der Waals surface area contributed by atoms with Gasteiger partial charge in [-0.25, -0.2) is 0 Å². The number of hydrogen-bond donors (Lipinski definition) is 0. The van der Waals surface area contributed by atoms with E-state index >= 15 is 0 Å². The first-order chi connectivity index (χ1) is 10.1. The fourth-order valence-corrected chi connectivity index (χ4v) is 5.66. The Morgan fingerprint density at radius 2 is 1.14 bits per heavy atom. The molecule has 2 aromatic rings. The van der Waals surface area contributed by atoms with Gasteiger partial charge in [-0.2, -0.15) is 0 Å². The van der Waals surface area contributed by atoms with Crippen molar-refractivity contribution in [1.82, 2.24) is 0 Å². The Kier molecular flexibility index (Phi) is 4.75. The third-order valence-electron chi connectivity index (χ3n) is 3.72. The molecule has 118 valence electrons. The van der Waals surface area contributed by atoms with Crippen LogP contribution in [0, 0.1) is 41.5 Å². The lowest BCUT2D eigenvalue weighted by molar-refractivity contribution is 0.504. The molecule has 4 heteroatoms. The van der Waals surface area contributed by atoms with Crippen molar-refractivity contribution in [2.24, 2.45) is 0 Å². The topological polar surface area (TPSA) is 26.3 Å². The number of aryl methyl sites for hydroxylation is 6. The van der Waals surface area contributed by atoms with Crippen LogP contribution in [0.2, 0.25) is 0 Å². The van der Waals surface area contributed by atoms with E-state index in [1.54, 1.807) is 0 Å². The lowest BCUT2D eigenvalue weighted by Crippen LogP contribution is -2.14. The van der Waals surface area contributed by atoms with Crippen LogP contribution in [0.25, 0.3) is 0 Å². The van der Waals surface area contributed by atoms with Gasteiger partial charge in [0.2, 0.25) is 0 Å². The van der Waals surface area contributed by atoms with Gasteiger partial charge in [-0.3, -0.25) is 4.57 Å². The molecule has 0 N–H and O–H groups in total. The van der Waals surface area contributed by atoms with Gasteiger partial charge in [0.05, 0.1) is 5.30 Å². The Morgan fingerprint density at radius 1 is 0.773 bits per heavy atom. The summed E-state index contributed by atoms with van der Waals surface area (Å²) in [5.74, 6) is 0.614. The first-order valence-electron chi connectivity index (χ1n) is 7.27. The van der Waals surface area contributed by atoms with E-state index in [9.17, 15) is 4.57 Å². The second kappa shape index (κ2) is 6.10. The summed E-state index contributed by atoms with van der Waals surface area (Å²) in [5, 5.41) is 0.610. The fraction of sp³-hybridized carbons (Fsp3) is 0.333. The second-order valence-electron chi connectivity index (χ2n) is 6.05. The summed E-state index contributed by atoms with van der Waals surface area (Å²) in [6.07, 6.45) is 0. The molecular formula is C18H22ClO2P. The normalized spacial score (nSPS) is 13.8. The first-order valence-corrected chi connectivity index (χ1v) is 9.80. The highest BCUT2D eigenvalue weighted by molar-refractivity contribution is 7.91. The lowest BCUT2D eigenvalue weighted by atomic mass is 10.1. The van der Waals surface area contributed by atoms with Crippen LogP contribution in [0.15, 0.2) is 24.3 Å². The van der Waals surface area contributed by atoms with Crippen molar-refractivity contribution in [3.8, 4) is 5.75 Å². The molecule has 1 atom stereocenters. The highest BCUT2D eigenvalue weighted by Crippen LogP contribution is 2.53. The van der Waals surface area contributed by atoms with Gasteiger partial charge in [-0.15, -0.1) is 0 Å². The van der Waals surface area contributed by atoms with Crippen LogP contribution in [0.4, 0.5) is 0 Å². The highest BCUT2D eigenvalue weighted by atomic mass is 35.7. The summed E-state index contributed by atoms with van der Waals surface area (Å²) in [5.41, 5.74) is 5.96. The third-order valence-corrected chi connectivity index (χ3v) is 6.09. The van der Waals surface area contributed by atoms with E-state index in [-0.39, 0.29) is 0 Å². The van der Waals surface area contributed by atoms with Crippen molar-refractivity contribution in [3.63, 3.8) is 0 Å². The van der Waals surface area contributed by atoms with E-state index in [0.29, 0.717) is 11.1 Å². The molecule has 0 aliphatic rings. The summed E-state index contributed by atoms with van der Waals surface area (Å²) in [6.45, 7) is 8.31. The van der Waals surface area contributed by atoms with Gasteiger partial charge in [-0.05, 0) is 75.0 Å². The molecule has 0 aliphatic carbocycles. The van der Waals surface area contributed by atoms with E-state index < -0.39 is 6.72 Å². The van der Waals surface area contributed by atoms with Gasteiger partial charge in [0, 0.05) is 0 Å². The summed E-state index contributed by atoms with van der Waals surface area (Å²) >= 11 is 6.38. The van der Waals surface area contributed by atoms with Crippen molar-refractivity contribution in [1.29, 1.82) is 0 Å². The van der Waals surface area contributed by atoms with Crippen LogP contribution >= 0.6 is 18.0 Å². The van der Waals surface area contributed by atoms with Crippen LogP contribution in [0.3, 0.4) is 0 Å². The quantitative estimate of drug-likeness (QED) is 0.675. The Hall–Kier alpha value is -1.24. The Bertz CT molecular complexity index is 735. The average Bonchev–Trinajstić information content (AvgIpc) is 2.31. The monoisotopic (exact) mass is 336 g/mol. The van der Waals surface area contributed by atoms with Gasteiger partial charge in [0.1, 0.15) is 5.75 Å². The Labute approximate surface area is 137 Å². The molecule has 0 heterocycles. The van der Waals surface area contributed by atoms with Gasteiger partial charge in [-0.1, -0.05) is 35.4 Å². The molecule has 0 bridgehead atoms. The fourth-order valence-electron chi connectivity index (χ4n) is 3.07. The Morgan fingerprint density at radius 3 is 1.55 bits per heavy atom. The predicted octanol–water partition coefficient (Wildman–Crippen LogP) is 5.67. The zero-order chi connectivity index (χ0) is 16.7. The smallest absolute Gasteiger partial charge is 0.367 e. The zero-order valence-electron chi connectivity index (χ0n) is 14.0. The van der Waals surface area contributed by atoms with Gasteiger partial charge in [0.15, 0.2) is 0 Å². The van der Waals surface area contributed by atoms with E-state index in [4.69, 9.17) is 15.8 Å². The van der Waals surface area contributed by atoms with E-state index in [2.05, 4.69) is 0 Å². The molecule has 0 amide bonds. The molecule has 0 fully saturated rings. The summed E-state index contributed by atoms with van der Waals surface area (Å²) in [4.78, 5) is 0. The standard InChI is InChI=1S/C18H22ClO2P/c1-11-7-13(3)17(14(4)8-11)21-22(19,20)18-15(5)9-12(2)10-16(18)6/h7-10H,1-6H3. The summed E-state index contributed by atoms with van der Waals surface area (Å²) in [7, 11) is 0. The SMILES string of the molecule is Cc1cc(C)c(OP(=O)(Cl)c2c(C)cc(C)cc2C)c(C)c1. The van der Waals surface area contributed by atoms with Gasteiger partial charge in [0.25, 0.3) is 0 Å². The predicted molar refractivity (Wildman–Crippen MR) is 95.0 cm³/mol. The van der Waals surface area contributed by atoms with Gasteiger partial charge >= 0.3 is 6.72 Å². The van der Waals surface area contributed by atoms with E-state index in [0.717, 1.165) is 33.4 Å². The molecule has 2 rings (SSSR count). The maximum Gasteiger partial charge on any atom is 0.367 e. The molecule has 22 heavy (non-hydrogen) atoms. The summed E-state index contributed by atoms with van der Waals surface area (Å²) < 4.78 is 18.9. The molecule has 2 aromatic carbocycles. The van der Waals surface area contributed by atoms with Crippen molar-refractivity contribution in [2.45, 2.75) is 41.5 Å². The minimum Gasteiger partial charge on any atom is -0.429 e. The van der Waals surface area contributed by atoms with Crippen LogP contribution in [-0.2, 0) is 4.57 Å². The molecule has 0 saturated carbocycles. The minimum absolute atomic E-state index is 0.610. The lowest BCUT2D eigenvalue weighted by Gasteiger charge is -2.20. The van der Waals surface area contributed by atoms with Crippen LogP contribution in [0.5, 0.6) is 5.75 Å². The van der Waals surface area contributed by atoms with E-state index in [1.807, 2.05) is 65.8 Å². The van der Waals surface area contributed by atoms with Crippen LogP contribution < -0.4 is 9.83 Å². The molecule has 0 aromatic heterocycles. The number of halogens is 1. The Balaban J connectivity index is 2.52. The maximum atomic E-state index is 13.1.